The third-order valence-corrected chi connectivity index (χ3v) is 3.59. The number of esters is 1. The Bertz CT molecular complexity index is 492. The van der Waals surface area contributed by atoms with Crippen molar-refractivity contribution in [1.29, 1.82) is 0 Å². The van der Waals surface area contributed by atoms with Crippen molar-refractivity contribution >= 4 is 5.97 Å². The van der Waals surface area contributed by atoms with Gasteiger partial charge in [0.1, 0.15) is 0 Å². The summed E-state index contributed by atoms with van der Waals surface area (Å²) >= 11 is 0. The quantitative estimate of drug-likeness (QED) is 0.549. The molecule has 0 spiro atoms. The molecular formula is C14H14O3. The van der Waals surface area contributed by atoms with Gasteiger partial charge in [0.05, 0.1) is 11.5 Å². The molecule has 2 atom stereocenters. The molecule has 0 saturated heterocycles. The Labute approximate surface area is 100 Å². The van der Waals surface area contributed by atoms with Crippen molar-refractivity contribution in [2.75, 3.05) is 7.11 Å². The first-order valence-corrected chi connectivity index (χ1v) is 5.81. The van der Waals surface area contributed by atoms with Crippen LogP contribution in [0, 0.1) is 0 Å². The molecule has 0 N–H and O–H groups in total. The number of allylic oxidation sites excluding steroid dienone is 1. The summed E-state index contributed by atoms with van der Waals surface area (Å²) in [6, 6.07) is 7.58. The number of hydrogen-bond donors (Lipinski definition) is 0. The second kappa shape index (κ2) is 3.70. The normalized spacial score (nSPS) is 30.4. The highest BCUT2D eigenvalue weighted by Crippen LogP contribution is 2.45. The van der Waals surface area contributed by atoms with E-state index in [-0.39, 0.29) is 11.9 Å². The summed E-state index contributed by atoms with van der Waals surface area (Å²) in [6.45, 7) is 0. The number of carbonyl (C=O) groups is 1. The van der Waals surface area contributed by atoms with E-state index in [2.05, 4.69) is 12.2 Å². The predicted molar refractivity (Wildman–Crippen MR) is 62.7 cm³/mol. The van der Waals surface area contributed by atoms with Gasteiger partial charge in [0, 0.05) is 13.5 Å². The van der Waals surface area contributed by atoms with Crippen LogP contribution in [-0.4, -0.2) is 18.9 Å². The van der Waals surface area contributed by atoms with Crippen molar-refractivity contribution in [3.05, 3.63) is 47.5 Å². The number of carbonyl (C=O) groups excluding carboxylic acids is 1. The highest BCUT2D eigenvalue weighted by molar-refractivity contribution is 5.93. The SMILES string of the molecule is CO[C@@]12CCC=C[C@H]1c1ccccc1C(=O)O2. The Balaban J connectivity index is 2.18. The lowest BCUT2D eigenvalue weighted by atomic mass is 9.79. The number of hydrogen-bond acceptors (Lipinski definition) is 3. The van der Waals surface area contributed by atoms with Gasteiger partial charge in [-0.15, -0.1) is 0 Å². The zero-order chi connectivity index (χ0) is 11.9. The van der Waals surface area contributed by atoms with E-state index in [9.17, 15) is 4.79 Å². The molecule has 1 aromatic carbocycles. The molecule has 0 amide bonds. The van der Waals surface area contributed by atoms with E-state index >= 15 is 0 Å². The zero-order valence-electron chi connectivity index (χ0n) is 9.68. The molecule has 88 valence electrons. The van der Waals surface area contributed by atoms with E-state index < -0.39 is 5.79 Å². The zero-order valence-corrected chi connectivity index (χ0v) is 9.68. The lowest BCUT2D eigenvalue weighted by molar-refractivity contribution is -0.205. The monoisotopic (exact) mass is 230 g/mol. The summed E-state index contributed by atoms with van der Waals surface area (Å²) in [7, 11) is 1.60. The van der Waals surface area contributed by atoms with Gasteiger partial charge in [-0.25, -0.2) is 4.79 Å². The van der Waals surface area contributed by atoms with E-state index in [1.807, 2.05) is 18.2 Å². The van der Waals surface area contributed by atoms with Gasteiger partial charge in [0.15, 0.2) is 0 Å². The number of fused-ring (bicyclic) bond motifs is 3. The molecule has 1 aromatic rings. The molecule has 0 saturated carbocycles. The van der Waals surface area contributed by atoms with E-state index in [0.717, 1.165) is 12.0 Å². The third kappa shape index (κ3) is 1.42. The van der Waals surface area contributed by atoms with Crippen LogP contribution in [-0.2, 0) is 9.47 Å². The number of ether oxygens (including phenoxy) is 2. The van der Waals surface area contributed by atoms with Crippen molar-refractivity contribution < 1.29 is 14.3 Å². The molecule has 1 heterocycles. The van der Waals surface area contributed by atoms with Crippen molar-refractivity contribution in [1.82, 2.24) is 0 Å². The van der Waals surface area contributed by atoms with Crippen LogP contribution in [0.15, 0.2) is 36.4 Å². The molecule has 2 aliphatic rings. The first-order valence-electron chi connectivity index (χ1n) is 5.81. The van der Waals surface area contributed by atoms with Gasteiger partial charge in [0.2, 0.25) is 5.79 Å². The van der Waals surface area contributed by atoms with Crippen molar-refractivity contribution in [2.45, 2.75) is 24.5 Å². The fraction of sp³-hybridized carbons (Fsp3) is 0.357. The van der Waals surface area contributed by atoms with Crippen molar-refractivity contribution in [3.8, 4) is 0 Å². The lowest BCUT2D eigenvalue weighted by Gasteiger charge is -2.43. The van der Waals surface area contributed by atoms with Crippen LogP contribution in [0.1, 0.15) is 34.7 Å². The lowest BCUT2D eigenvalue weighted by Crippen LogP contribution is -2.47. The van der Waals surface area contributed by atoms with Crippen LogP contribution in [0.4, 0.5) is 0 Å². The van der Waals surface area contributed by atoms with Crippen LogP contribution >= 0.6 is 0 Å². The highest BCUT2D eigenvalue weighted by atomic mass is 16.7. The Morgan fingerprint density at radius 3 is 3.06 bits per heavy atom. The second-order valence-electron chi connectivity index (χ2n) is 4.44. The highest BCUT2D eigenvalue weighted by Gasteiger charge is 2.48. The second-order valence-corrected chi connectivity index (χ2v) is 4.44. The largest absolute Gasteiger partial charge is 0.428 e. The van der Waals surface area contributed by atoms with Crippen LogP contribution < -0.4 is 0 Å². The molecule has 17 heavy (non-hydrogen) atoms. The van der Waals surface area contributed by atoms with E-state index in [0.29, 0.717) is 12.0 Å². The minimum Gasteiger partial charge on any atom is -0.428 e. The standard InChI is InChI=1S/C14H14O3/c1-16-14-9-5-4-8-12(14)10-6-2-3-7-11(10)13(15)17-14/h2-4,6-8,12H,5,9H2,1H3/t12-,14+/m0/s1. The third-order valence-electron chi connectivity index (χ3n) is 3.59. The number of benzene rings is 1. The first kappa shape index (κ1) is 10.5. The fourth-order valence-corrected chi connectivity index (χ4v) is 2.71. The van der Waals surface area contributed by atoms with Gasteiger partial charge in [-0.05, 0) is 18.1 Å². The summed E-state index contributed by atoms with van der Waals surface area (Å²) in [5, 5.41) is 0. The predicted octanol–water partition coefficient (Wildman–Crippen LogP) is 2.63. The van der Waals surface area contributed by atoms with Gasteiger partial charge in [-0.1, -0.05) is 30.4 Å². The molecule has 0 aromatic heterocycles. The molecule has 0 radical (unpaired) electrons. The van der Waals surface area contributed by atoms with Crippen molar-refractivity contribution in [3.63, 3.8) is 0 Å². The Kier molecular flexibility index (Phi) is 2.30. The fourth-order valence-electron chi connectivity index (χ4n) is 2.71. The van der Waals surface area contributed by atoms with Gasteiger partial charge in [-0.2, -0.15) is 0 Å². The van der Waals surface area contributed by atoms with E-state index in [1.54, 1.807) is 13.2 Å². The summed E-state index contributed by atoms with van der Waals surface area (Å²) in [5.74, 6) is -1.08. The van der Waals surface area contributed by atoms with Gasteiger partial charge >= 0.3 is 5.97 Å². The average molecular weight is 230 g/mol. The molecular weight excluding hydrogens is 216 g/mol. The van der Waals surface area contributed by atoms with Crippen LogP contribution in [0.5, 0.6) is 0 Å². The molecule has 3 rings (SSSR count). The molecule has 1 aliphatic carbocycles. The minimum absolute atomic E-state index is 0.00940. The molecule has 0 bridgehead atoms. The van der Waals surface area contributed by atoms with Crippen molar-refractivity contribution in [2.24, 2.45) is 0 Å². The Morgan fingerprint density at radius 2 is 2.24 bits per heavy atom. The van der Waals surface area contributed by atoms with Crippen LogP contribution in [0.25, 0.3) is 0 Å². The Hall–Kier alpha value is -1.61. The summed E-state index contributed by atoms with van der Waals surface area (Å²) in [4.78, 5) is 12.0. The maximum Gasteiger partial charge on any atom is 0.340 e. The van der Waals surface area contributed by atoms with Crippen LogP contribution in [0.2, 0.25) is 0 Å². The molecule has 0 fully saturated rings. The average Bonchev–Trinajstić information content (AvgIpc) is 2.39. The van der Waals surface area contributed by atoms with Gasteiger partial charge in [0.25, 0.3) is 0 Å². The maximum absolute atomic E-state index is 12.0. The molecule has 0 unspecified atom stereocenters. The molecule has 3 nitrogen and oxygen atoms in total. The first-order chi connectivity index (χ1) is 8.27. The van der Waals surface area contributed by atoms with E-state index in [1.165, 1.54) is 0 Å². The minimum atomic E-state index is -0.805. The summed E-state index contributed by atoms with van der Waals surface area (Å²) < 4.78 is 11.1. The van der Waals surface area contributed by atoms with Gasteiger partial charge < -0.3 is 9.47 Å². The maximum atomic E-state index is 12.0. The topological polar surface area (TPSA) is 35.5 Å². The van der Waals surface area contributed by atoms with Crippen LogP contribution in [0.3, 0.4) is 0 Å². The molecule has 3 heteroatoms. The summed E-state index contributed by atoms with van der Waals surface area (Å²) in [5.41, 5.74) is 1.65. The van der Waals surface area contributed by atoms with Gasteiger partial charge in [-0.3, -0.25) is 0 Å². The molecule has 1 aliphatic heterocycles. The smallest absolute Gasteiger partial charge is 0.340 e. The van der Waals surface area contributed by atoms with E-state index in [4.69, 9.17) is 9.47 Å². The summed E-state index contributed by atoms with van der Waals surface area (Å²) in [6.07, 6.45) is 5.79. The Morgan fingerprint density at radius 1 is 1.41 bits per heavy atom. The number of rotatable bonds is 1. The number of methoxy groups -OCH3 is 1.